The Morgan fingerprint density at radius 2 is 1.87 bits per heavy atom. The Balaban J connectivity index is 1.34. The topological polar surface area (TPSA) is 60.9 Å². The number of hydrogen-bond donors (Lipinski definition) is 0. The fraction of sp³-hybridized carbons (Fsp3) is 0.304. The molecule has 1 aliphatic rings. The molecule has 1 aliphatic heterocycles. The van der Waals surface area contributed by atoms with E-state index < -0.39 is 5.97 Å². The summed E-state index contributed by atoms with van der Waals surface area (Å²) < 4.78 is 16.6. The number of morpholine rings is 1. The lowest BCUT2D eigenvalue weighted by atomic mass is 10.1. The average Bonchev–Trinajstić information content (AvgIpc) is 2.78. The Labute approximate surface area is 190 Å². The van der Waals surface area contributed by atoms with Crippen molar-refractivity contribution in [2.24, 2.45) is 0 Å². The number of benzene rings is 2. The minimum absolute atomic E-state index is 0.214. The molecule has 162 valence electrons. The van der Waals surface area contributed by atoms with Crippen molar-refractivity contribution in [1.29, 1.82) is 0 Å². The molecule has 1 saturated heterocycles. The Hall–Kier alpha value is -2.22. The van der Waals surface area contributed by atoms with Gasteiger partial charge in [-0.15, -0.1) is 0 Å². The molecular weight excluding hydrogens is 439 g/mol. The lowest BCUT2D eigenvalue weighted by Gasteiger charge is -2.26. The van der Waals surface area contributed by atoms with Gasteiger partial charge in [-0.3, -0.25) is 9.88 Å². The zero-order valence-corrected chi connectivity index (χ0v) is 18.4. The number of halogens is 2. The summed E-state index contributed by atoms with van der Waals surface area (Å²) in [5.74, 6) is -0.149. The molecule has 2 aromatic carbocycles. The lowest BCUT2D eigenvalue weighted by Crippen LogP contribution is -2.38. The maximum absolute atomic E-state index is 12.8. The van der Waals surface area contributed by atoms with E-state index in [1.54, 1.807) is 30.3 Å². The third-order valence-electron chi connectivity index (χ3n) is 5.03. The Kier molecular flexibility index (Phi) is 7.37. The number of fused-ring (bicyclic) bond motifs is 1. The van der Waals surface area contributed by atoms with E-state index in [1.165, 1.54) is 6.20 Å². The van der Waals surface area contributed by atoms with E-state index in [2.05, 4.69) is 9.88 Å². The van der Waals surface area contributed by atoms with Crippen LogP contribution in [0, 0.1) is 0 Å². The van der Waals surface area contributed by atoms with Crippen molar-refractivity contribution in [2.45, 2.75) is 6.61 Å². The van der Waals surface area contributed by atoms with Crippen LogP contribution in [0.1, 0.15) is 15.9 Å². The summed E-state index contributed by atoms with van der Waals surface area (Å²) in [7, 11) is 0. The minimum atomic E-state index is -0.570. The Morgan fingerprint density at radius 1 is 1.10 bits per heavy atom. The van der Waals surface area contributed by atoms with Gasteiger partial charge in [0.15, 0.2) is 0 Å². The number of rotatable bonds is 7. The minimum Gasteiger partial charge on any atom is -0.423 e. The van der Waals surface area contributed by atoms with Crippen LogP contribution < -0.4 is 4.74 Å². The van der Waals surface area contributed by atoms with Crippen LogP contribution in [0.4, 0.5) is 0 Å². The largest absolute Gasteiger partial charge is 0.423 e. The molecule has 0 unspecified atom stereocenters. The second-order valence-electron chi connectivity index (χ2n) is 7.19. The number of carbonyl (C=O) groups is 1. The molecule has 1 aromatic heterocycles. The van der Waals surface area contributed by atoms with Gasteiger partial charge >= 0.3 is 5.97 Å². The summed E-state index contributed by atoms with van der Waals surface area (Å²) >= 11 is 12.2. The first-order chi connectivity index (χ1) is 15.1. The molecule has 0 radical (unpaired) electrons. The van der Waals surface area contributed by atoms with E-state index in [1.807, 2.05) is 12.1 Å². The molecule has 8 heteroatoms. The monoisotopic (exact) mass is 460 g/mol. The molecule has 6 nitrogen and oxygen atoms in total. The van der Waals surface area contributed by atoms with Gasteiger partial charge in [0.05, 0.1) is 42.0 Å². The smallest absolute Gasteiger partial charge is 0.347 e. The molecule has 31 heavy (non-hydrogen) atoms. The van der Waals surface area contributed by atoms with Gasteiger partial charge in [-0.2, -0.15) is 0 Å². The van der Waals surface area contributed by atoms with Gasteiger partial charge in [0.25, 0.3) is 0 Å². The highest BCUT2D eigenvalue weighted by atomic mass is 35.5. The number of pyridine rings is 1. The summed E-state index contributed by atoms with van der Waals surface area (Å²) in [6.07, 6.45) is 1.48. The zero-order chi connectivity index (χ0) is 21.6. The second-order valence-corrected chi connectivity index (χ2v) is 8.03. The number of aromatic nitrogens is 1. The summed E-state index contributed by atoms with van der Waals surface area (Å²) in [4.78, 5) is 19.3. The van der Waals surface area contributed by atoms with Crippen molar-refractivity contribution in [3.63, 3.8) is 0 Å². The molecular formula is C23H22Cl2N2O4. The van der Waals surface area contributed by atoms with E-state index in [4.69, 9.17) is 37.4 Å². The van der Waals surface area contributed by atoms with Crippen molar-refractivity contribution in [3.05, 3.63) is 69.8 Å². The van der Waals surface area contributed by atoms with Crippen LogP contribution in [0.25, 0.3) is 10.9 Å². The van der Waals surface area contributed by atoms with Crippen molar-refractivity contribution >= 4 is 40.1 Å². The van der Waals surface area contributed by atoms with Crippen molar-refractivity contribution in [3.8, 4) is 5.75 Å². The fourth-order valence-corrected chi connectivity index (χ4v) is 3.76. The van der Waals surface area contributed by atoms with E-state index >= 15 is 0 Å². The third kappa shape index (κ3) is 5.73. The molecule has 0 saturated carbocycles. The molecule has 0 spiro atoms. The Morgan fingerprint density at radius 3 is 2.65 bits per heavy atom. The van der Waals surface area contributed by atoms with Gasteiger partial charge < -0.3 is 14.2 Å². The molecule has 0 bridgehead atoms. The maximum atomic E-state index is 12.8. The average molecular weight is 461 g/mol. The number of ether oxygens (including phenoxy) is 3. The van der Waals surface area contributed by atoms with Crippen LogP contribution in [0.15, 0.2) is 48.7 Å². The first kappa shape index (κ1) is 22.0. The van der Waals surface area contributed by atoms with Crippen LogP contribution in [0.3, 0.4) is 0 Å². The first-order valence-electron chi connectivity index (χ1n) is 10.0. The van der Waals surface area contributed by atoms with E-state index in [0.29, 0.717) is 34.9 Å². The molecule has 0 amide bonds. The van der Waals surface area contributed by atoms with Gasteiger partial charge in [-0.05, 0) is 29.8 Å². The van der Waals surface area contributed by atoms with Gasteiger partial charge in [-0.1, -0.05) is 41.4 Å². The summed E-state index contributed by atoms with van der Waals surface area (Å²) in [5.41, 5.74) is 1.67. The standard InChI is InChI=1S/C23H22Cl2N2O4/c24-18-13-17-3-6-20(25)21(22(17)26-14-18)23(28)31-19-4-1-16(2-5-19)15-30-12-9-27-7-10-29-11-8-27/h1-6,13-14H,7-12,15H2. The highest BCUT2D eigenvalue weighted by Gasteiger charge is 2.18. The normalized spacial score (nSPS) is 14.6. The maximum Gasteiger partial charge on any atom is 0.347 e. The zero-order valence-electron chi connectivity index (χ0n) is 16.9. The molecule has 1 fully saturated rings. The van der Waals surface area contributed by atoms with Crippen LogP contribution in [0.5, 0.6) is 5.75 Å². The lowest BCUT2D eigenvalue weighted by molar-refractivity contribution is 0.0180. The summed E-state index contributed by atoms with van der Waals surface area (Å²) in [5, 5.41) is 1.47. The van der Waals surface area contributed by atoms with E-state index in [9.17, 15) is 4.79 Å². The predicted octanol–water partition coefficient (Wildman–Crippen LogP) is 4.61. The second kappa shape index (κ2) is 10.4. The fourth-order valence-electron chi connectivity index (χ4n) is 3.36. The Bertz CT molecular complexity index is 1050. The highest BCUT2D eigenvalue weighted by molar-refractivity contribution is 6.35. The number of esters is 1. The van der Waals surface area contributed by atoms with Crippen LogP contribution >= 0.6 is 23.2 Å². The van der Waals surface area contributed by atoms with Gasteiger partial charge in [0, 0.05) is 31.2 Å². The van der Waals surface area contributed by atoms with Crippen molar-refractivity contribution < 1.29 is 19.0 Å². The van der Waals surface area contributed by atoms with E-state index in [0.717, 1.165) is 38.4 Å². The molecule has 0 atom stereocenters. The summed E-state index contributed by atoms with van der Waals surface area (Å²) in [6.45, 7) is 5.52. The van der Waals surface area contributed by atoms with Crippen LogP contribution in [0.2, 0.25) is 10.0 Å². The molecule has 2 heterocycles. The highest BCUT2D eigenvalue weighted by Crippen LogP contribution is 2.28. The molecule has 3 aromatic rings. The predicted molar refractivity (Wildman–Crippen MR) is 120 cm³/mol. The van der Waals surface area contributed by atoms with Gasteiger partial charge in [-0.25, -0.2) is 4.79 Å². The number of nitrogens with zero attached hydrogens (tertiary/aromatic N) is 2. The number of hydrogen-bond acceptors (Lipinski definition) is 6. The quantitative estimate of drug-likeness (QED) is 0.291. The van der Waals surface area contributed by atoms with Crippen LogP contribution in [-0.4, -0.2) is 55.3 Å². The molecule has 4 rings (SSSR count). The number of carbonyl (C=O) groups excluding carboxylic acids is 1. The van der Waals surface area contributed by atoms with Crippen LogP contribution in [-0.2, 0) is 16.1 Å². The van der Waals surface area contributed by atoms with Gasteiger partial charge in [0.2, 0.25) is 0 Å². The summed E-state index contributed by atoms with van der Waals surface area (Å²) in [6, 6.07) is 12.4. The van der Waals surface area contributed by atoms with E-state index in [-0.39, 0.29) is 10.6 Å². The van der Waals surface area contributed by atoms with Crippen molar-refractivity contribution in [1.82, 2.24) is 9.88 Å². The molecule has 0 aliphatic carbocycles. The third-order valence-corrected chi connectivity index (χ3v) is 5.55. The SMILES string of the molecule is O=C(Oc1ccc(COCCN2CCOCC2)cc1)c1c(Cl)ccc2cc(Cl)cnc12. The molecule has 0 N–H and O–H groups in total. The first-order valence-corrected chi connectivity index (χ1v) is 10.8. The van der Waals surface area contributed by atoms with Crippen molar-refractivity contribution in [2.75, 3.05) is 39.5 Å². The van der Waals surface area contributed by atoms with Gasteiger partial charge in [0.1, 0.15) is 11.3 Å².